The molecule has 0 aromatic heterocycles. The van der Waals surface area contributed by atoms with E-state index in [1.54, 1.807) is 6.92 Å². The second-order valence-electron chi connectivity index (χ2n) is 5.53. The third-order valence-corrected chi connectivity index (χ3v) is 3.84. The van der Waals surface area contributed by atoms with Gasteiger partial charge < -0.3 is 19.3 Å². The molecule has 0 spiro atoms. The lowest BCUT2D eigenvalue weighted by Gasteiger charge is -2.15. The summed E-state index contributed by atoms with van der Waals surface area (Å²) in [5.74, 6) is 0.443. The third-order valence-electron chi connectivity index (χ3n) is 3.84. The van der Waals surface area contributed by atoms with E-state index in [4.69, 9.17) is 14.2 Å². The molecule has 22 heavy (non-hydrogen) atoms. The Morgan fingerprint density at radius 2 is 2.05 bits per heavy atom. The van der Waals surface area contributed by atoms with Crippen LogP contribution in [0.2, 0.25) is 0 Å². The van der Waals surface area contributed by atoms with Crippen molar-refractivity contribution in [3.63, 3.8) is 0 Å². The highest BCUT2D eigenvalue weighted by Crippen LogP contribution is 2.25. The van der Waals surface area contributed by atoms with Crippen LogP contribution < -0.4 is 4.74 Å². The van der Waals surface area contributed by atoms with E-state index in [0.717, 1.165) is 24.2 Å². The fourth-order valence-electron chi connectivity index (χ4n) is 2.63. The van der Waals surface area contributed by atoms with Crippen LogP contribution in [0, 0.1) is 0 Å². The number of esters is 1. The normalized spacial score (nSPS) is 22.3. The quantitative estimate of drug-likeness (QED) is 0.782. The van der Waals surface area contributed by atoms with Crippen molar-refractivity contribution in [2.45, 2.75) is 50.9 Å². The van der Waals surface area contributed by atoms with Crippen molar-refractivity contribution in [2.24, 2.45) is 0 Å². The molecule has 2 rings (SSSR count). The summed E-state index contributed by atoms with van der Waals surface area (Å²) in [6, 6.07) is 7.62. The van der Waals surface area contributed by atoms with Crippen LogP contribution in [0.3, 0.4) is 0 Å². The maximum atomic E-state index is 11.7. The van der Waals surface area contributed by atoms with Crippen molar-refractivity contribution in [3.8, 4) is 5.75 Å². The number of aliphatic hydroxyl groups is 1. The molecule has 0 radical (unpaired) electrons. The van der Waals surface area contributed by atoms with E-state index in [1.165, 1.54) is 7.11 Å². The van der Waals surface area contributed by atoms with Crippen molar-refractivity contribution in [1.29, 1.82) is 0 Å². The molecule has 0 bridgehead atoms. The summed E-state index contributed by atoms with van der Waals surface area (Å²) in [6.45, 7) is 2.12. The Morgan fingerprint density at radius 1 is 1.32 bits per heavy atom. The molecule has 1 aliphatic rings. The highest BCUT2D eigenvalue weighted by Gasteiger charge is 2.24. The molecule has 1 aliphatic carbocycles. The van der Waals surface area contributed by atoms with Gasteiger partial charge >= 0.3 is 5.97 Å². The predicted octanol–water partition coefficient (Wildman–Crippen LogP) is 2.10. The summed E-state index contributed by atoms with van der Waals surface area (Å²) in [4.78, 5) is 11.7. The molecule has 1 aromatic carbocycles. The topological polar surface area (TPSA) is 65.0 Å². The lowest BCUT2D eigenvalue weighted by atomic mass is 10.1. The number of aliphatic hydroxyl groups excluding tert-OH is 1. The number of carbonyl (C=O) groups excluding carboxylic acids is 1. The van der Waals surface area contributed by atoms with Gasteiger partial charge in [0.15, 0.2) is 6.10 Å². The van der Waals surface area contributed by atoms with Crippen LogP contribution in [0.25, 0.3) is 0 Å². The zero-order chi connectivity index (χ0) is 15.9. The van der Waals surface area contributed by atoms with Crippen LogP contribution in [0.5, 0.6) is 5.75 Å². The summed E-state index contributed by atoms with van der Waals surface area (Å²) in [6.07, 6.45) is 2.11. The van der Waals surface area contributed by atoms with Crippen LogP contribution in [-0.2, 0) is 20.7 Å². The van der Waals surface area contributed by atoms with Gasteiger partial charge in [0.25, 0.3) is 0 Å². The highest BCUT2D eigenvalue weighted by molar-refractivity contribution is 5.75. The van der Waals surface area contributed by atoms with E-state index < -0.39 is 6.10 Å². The van der Waals surface area contributed by atoms with Crippen molar-refractivity contribution in [2.75, 3.05) is 13.7 Å². The standard InChI is InChI=1S/C17H24O5/c1-3-21-17(19)16(20-2)10-12-4-7-14(8-5-12)22-15-9-6-13(18)11-15/h4-5,7-8,13,15-16,18H,3,6,9-11H2,1-2H3/t13-,15+,16-/m0/s1. The van der Waals surface area contributed by atoms with E-state index >= 15 is 0 Å². The SMILES string of the molecule is CCOC(=O)[C@H](Cc1ccc(O[C@@H]2CC[C@H](O)C2)cc1)OC. The minimum Gasteiger partial charge on any atom is -0.490 e. The first-order chi connectivity index (χ1) is 10.6. The van der Waals surface area contributed by atoms with Crippen LogP contribution in [0.15, 0.2) is 24.3 Å². The molecule has 0 heterocycles. The van der Waals surface area contributed by atoms with Crippen LogP contribution >= 0.6 is 0 Å². The van der Waals surface area contributed by atoms with E-state index in [-0.39, 0.29) is 18.2 Å². The van der Waals surface area contributed by atoms with Gasteiger partial charge in [-0.2, -0.15) is 0 Å². The Bertz CT molecular complexity index is 470. The Morgan fingerprint density at radius 3 is 2.59 bits per heavy atom. The molecule has 5 heteroatoms. The minimum absolute atomic E-state index is 0.0899. The summed E-state index contributed by atoms with van der Waals surface area (Å²) in [7, 11) is 1.50. The molecule has 0 aliphatic heterocycles. The van der Waals surface area contributed by atoms with Gasteiger partial charge in [-0.05, 0) is 37.5 Å². The molecular formula is C17H24O5. The molecule has 0 amide bonds. The monoisotopic (exact) mass is 308 g/mol. The molecule has 122 valence electrons. The second-order valence-corrected chi connectivity index (χ2v) is 5.53. The summed E-state index contributed by atoms with van der Waals surface area (Å²) < 4.78 is 16.0. The number of carbonyl (C=O) groups is 1. The molecule has 3 atom stereocenters. The van der Waals surface area contributed by atoms with Gasteiger partial charge in [-0.15, -0.1) is 0 Å². The zero-order valence-corrected chi connectivity index (χ0v) is 13.2. The second kappa shape index (κ2) is 8.15. The smallest absolute Gasteiger partial charge is 0.335 e. The minimum atomic E-state index is -0.586. The summed E-state index contributed by atoms with van der Waals surface area (Å²) in [5, 5.41) is 9.51. The highest BCUT2D eigenvalue weighted by atomic mass is 16.6. The number of rotatable bonds is 7. The number of hydrogen-bond acceptors (Lipinski definition) is 5. The van der Waals surface area contributed by atoms with Gasteiger partial charge in [0.05, 0.1) is 12.7 Å². The first kappa shape index (κ1) is 16.8. The van der Waals surface area contributed by atoms with E-state index in [1.807, 2.05) is 24.3 Å². The number of methoxy groups -OCH3 is 1. The molecule has 1 N–H and O–H groups in total. The predicted molar refractivity (Wildman–Crippen MR) is 81.8 cm³/mol. The van der Waals surface area contributed by atoms with Gasteiger partial charge in [-0.3, -0.25) is 0 Å². The average molecular weight is 308 g/mol. The van der Waals surface area contributed by atoms with Crippen molar-refractivity contribution in [3.05, 3.63) is 29.8 Å². The van der Waals surface area contributed by atoms with E-state index in [0.29, 0.717) is 19.4 Å². The van der Waals surface area contributed by atoms with Crippen molar-refractivity contribution >= 4 is 5.97 Å². The number of hydrogen-bond donors (Lipinski definition) is 1. The number of ether oxygens (including phenoxy) is 3. The Balaban J connectivity index is 1.89. The molecule has 0 saturated heterocycles. The first-order valence-electron chi connectivity index (χ1n) is 7.75. The van der Waals surface area contributed by atoms with Crippen molar-refractivity contribution < 1.29 is 24.1 Å². The number of benzene rings is 1. The van der Waals surface area contributed by atoms with Gasteiger partial charge in [-0.1, -0.05) is 12.1 Å². The molecule has 1 saturated carbocycles. The van der Waals surface area contributed by atoms with E-state index in [2.05, 4.69) is 0 Å². The first-order valence-corrected chi connectivity index (χ1v) is 7.75. The Hall–Kier alpha value is -1.59. The van der Waals surface area contributed by atoms with Gasteiger partial charge in [0, 0.05) is 20.0 Å². The maximum Gasteiger partial charge on any atom is 0.335 e. The summed E-state index contributed by atoms with van der Waals surface area (Å²) in [5.41, 5.74) is 0.985. The van der Waals surface area contributed by atoms with Crippen LogP contribution in [0.4, 0.5) is 0 Å². The van der Waals surface area contributed by atoms with Crippen LogP contribution in [-0.4, -0.2) is 43.1 Å². The lowest BCUT2D eigenvalue weighted by Crippen LogP contribution is -2.27. The third kappa shape index (κ3) is 4.71. The molecule has 0 unspecified atom stereocenters. The average Bonchev–Trinajstić information content (AvgIpc) is 2.91. The molecule has 5 nitrogen and oxygen atoms in total. The zero-order valence-electron chi connectivity index (χ0n) is 13.2. The molecular weight excluding hydrogens is 284 g/mol. The van der Waals surface area contributed by atoms with Gasteiger partial charge in [0.1, 0.15) is 11.9 Å². The summed E-state index contributed by atoms with van der Waals surface area (Å²) >= 11 is 0. The fraction of sp³-hybridized carbons (Fsp3) is 0.588. The lowest BCUT2D eigenvalue weighted by molar-refractivity contribution is -0.154. The van der Waals surface area contributed by atoms with Crippen molar-refractivity contribution in [1.82, 2.24) is 0 Å². The Labute approximate surface area is 131 Å². The van der Waals surface area contributed by atoms with Crippen LogP contribution in [0.1, 0.15) is 31.7 Å². The molecule has 1 fully saturated rings. The fourth-order valence-corrected chi connectivity index (χ4v) is 2.63. The molecule has 1 aromatic rings. The van der Waals surface area contributed by atoms with E-state index in [9.17, 15) is 9.90 Å². The Kier molecular flexibility index (Phi) is 6.21. The van der Waals surface area contributed by atoms with Gasteiger partial charge in [-0.25, -0.2) is 4.79 Å². The maximum absolute atomic E-state index is 11.7. The largest absolute Gasteiger partial charge is 0.490 e. The van der Waals surface area contributed by atoms with Gasteiger partial charge in [0.2, 0.25) is 0 Å².